The third-order valence-corrected chi connectivity index (χ3v) is 6.81. The standard InChI is InChI=1S/C27H29N9O2/c1-7-36-25(27(38)31-22-13-28-34(5)16(22)3)23(14-29-36)32-26(37)19-12-21(24-15(2)33-35(6)17(24)4)30-20-11-9-8-10-18(19)20/h8-14H,7H2,1-6H3,(H,31,38)(H,32,37). The molecule has 0 aliphatic carbocycles. The first kappa shape index (κ1) is 24.9. The fourth-order valence-corrected chi connectivity index (χ4v) is 4.58. The van der Waals surface area contributed by atoms with E-state index in [0.717, 1.165) is 22.6 Å². The molecule has 4 aromatic heterocycles. The first-order valence-electron chi connectivity index (χ1n) is 12.3. The molecule has 2 amide bonds. The molecule has 38 heavy (non-hydrogen) atoms. The predicted octanol–water partition coefficient (Wildman–Crippen LogP) is 4.02. The van der Waals surface area contributed by atoms with Crippen molar-refractivity contribution in [1.82, 2.24) is 34.3 Å². The van der Waals surface area contributed by atoms with Crippen molar-refractivity contribution in [3.8, 4) is 11.3 Å². The van der Waals surface area contributed by atoms with Crippen LogP contribution in [0.4, 0.5) is 11.4 Å². The Labute approximate surface area is 219 Å². The number of hydrogen-bond acceptors (Lipinski definition) is 6. The number of fused-ring (bicyclic) bond motifs is 1. The topological polar surface area (TPSA) is 125 Å². The normalized spacial score (nSPS) is 11.2. The minimum Gasteiger partial charge on any atom is -0.319 e. The summed E-state index contributed by atoms with van der Waals surface area (Å²) >= 11 is 0. The van der Waals surface area contributed by atoms with E-state index >= 15 is 0 Å². The van der Waals surface area contributed by atoms with Gasteiger partial charge in [-0.2, -0.15) is 15.3 Å². The number of carbonyl (C=O) groups excluding carboxylic acids is 2. The average Bonchev–Trinajstić information content (AvgIpc) is 3.53. The average molecular weight is 512 g/mol. The van der Waals surface area contributed by atoms with Gasteiger partial charge in [-0.3, -0.25) is 23.6 Å². The maximum Gasteiger partial charge on any atom is 0.276 e. The van der Waals surface area contributed by atoms with Crippen LogP contribution in [0.1, 0.15) is 44.9 Å². The fraction of sp³-hybridized carbons (Fsp3) is 0.259. The third kappa shape index (κ3) is 4.21. The smallest absolute Gasteiger partial charge is 0.276 e. The Kier molecular flexibility index (Phi) is 6.27. The predicted molar refractivity (Wildman–Crippen MR) is 145 cm³/mol. The number of pyridine rings is 1. The van der Waals surface area contributed by atoms with Gasteiger partial charge in [0.05, 0.1) is 51.9 Å². The van der Waals surface area contributed by atoms with Crippen LogP contribution in [0.3, 0.4) is 0 Å². The Hall–Kier alpha value is -4.80. The van der Waals surface area contributed by atoms with E-state index in [9.17, 15) is 9.59 Å². The van der Waals surface area contributed by atoms with Crippen LogP contribution in [-0.2, 0) is 20.6 Å². The van der Waals surface area contributed by atoms with Crippen LogP contribution in [0, 0.1) is 20.8 Å². The van der Waals surface area contributed by atoms with Gasteiger partial charge < -0.3 is 10.6 Å². The second-order valence-electron chi connectivity index (χ2n) is 9.14. The van der Waals surface area contributed by atoms with Crippen LogP contribution >= 0.6 is 0 Å². The number of nitrogens with zero attached hydrogens (tertiary/aromatic N) is 7. The van der Waals surface area contributed by atoms with E-state index in [2.05, 4.69) is 25.9 Å². The number of rotatable bonds is 6. The molecular formula is C27H29N9O2. The first-order chi connectivity index (χ1) is 18.2. The maximum absolute atomic E-state index is 13.7. The van der Waals surface area contributed by atoms with Crippen LogP contribution in [0.15, 0.2) is 42.7 Å². The zero-order valence-corrected chi connectivity index (χ0v) is 22.2. The van der Waals surface area contributed by atoms with Gasteiger partial charge in [0.1, 0.15) is 5.69 Å². The first-order valence-corrected chi connectivity index (χ1v) is 12.3. The number of amides is 2. The molecule has 0 bridgehead atoms. The largest absolute Gasteiger partial charge is 0.319 e. The molecule has 4 heterocycles. The minimum absolute atomic E-state index is 0.252. The van der Waals surface area contributed by atoms with Crippen LogP contribution in [0.5, 0.6) is 0 Å². The van der Waals surface area contributed by atoms with Crippen molar-refractivity contribution in [2.45, 2.75) is 34.2 Å². The molecule has 194 valence electrons. The Morgan fingerprint density at radius 3 is 2.26 bits per heavy atom. The summed E-state index contributed by atoms with van der Waals surface area (Å²) in [6, 6.07) is 9.26. The Balaban J connectivity index is 1.54. The van der Waals surface area contributed by atoms with Gasteiger partial charge >= 0.3 is 0 Å². The van der Waals surface area contributed by atoms with Gasteiger partial charge in [-0.25, -0.2) is 4.98 Å². The summed E-state index contributed by atoms with van der Waals surface area (Å²) in [4.78, 5) is 31.9. The molecule has 11 heteroatoms. The van der Waals surface area contributed by atoms with Gasteiger partial charge in [0, 0.05) is 37.3 Å². The molecule has 0 radical (unpaired) electrons. The molecule has 0 unspecified atom stereocenters. The molecule has 11 nitrogen and oxygen atoms in total. The zero-order chi connectivity index (χ0) is 27.1. The van der Waals surface area contributed by atoms with E-state index in [0.29, 0.717) is 40.1 Å². The summed E-state index contributed by atoms with van der Waals surface area (Å²) in [5, 5.41) is 19.5. The summed E-state index contributed by atoms with van der Waals surface area (Å²) in [7, 11) is 3.68. The van der Waals surface area contributed by atoms with Crippen LogP contribution in [-0.4, -0.2) is 46.1 Å². The van der Waals surface area contributed by atoms with Gasteiger partial charge in [0.2, 0.25) is 0 Å². The Bertz CT molecular complexity index is 1710. The van der Waals surface area contributed by atoms with Gasteiger partial charge in [0.15, 0.2) is 0 Å². The Morgan fingerprint density at radius 2 is 1.61 bits per heavy atom. The van der Waals surface area contributed by atoms with Gasteiger partial charge in [0.25, 0.3) is 11.8 Å². The molecule has 0 fully saturated rings. The van der Waals surface area contributed by atoms with Crippen molar-refractivity contribution in [2.75, 3.05) is 10.6 Å². The van der Waals surface area contributed by atoms with Crippen LogP contribution in [0.25, 0.3) is 22.2 Å². The van der Waals surface area contributed by atoms with E-state index in [1.54, 1.807) is 33.4 Å². The highest BCUT2D eigenvalue weighted by Crippen LogP contribution is 2.30. The maximum atomic E-state index is 13.7. The van der Waals surface area contributed by atoms with Crippen molar-refractivity contribution in [1.29, 1.82) is 0 Å². The molecular weight excluding hydrogens is 482 g/mol. The molecule has 2 N–H and O–H groups in total. The molecule has 5 rings (SSSR count). The molecule has 1 aromatic carbocycles. The third-order valence-electron chi connectivity index (χ3n) is 6.81. The van der Waals surface area contributed by atoms with Gasteiger partial charge in [-0.1, -0.05) is 18.2 Å². The minimum atomic E-state index is -0.391. The lowest BCUT2D eigenvalue weighted by atomic mass is 10.0. The molecule has 0 saturated carbocycles. The number of hydrogen-bond donors (Lipinski definition) is 2. The van der Waals surface area contributed by atoms with Crippen molar-refractivity contribution >= 4 is 34.1 Å². The SMILES string of the molecule is CCn1ncc(NC(=O)c2cc(-c3c(C)nn(C)c3C)nc3ccccc23)c1C(=O)Nc1cnn(C)c1C. The van der Waals surface area contributed by atoms with Crippen molar-refractivity contribution in [3.63, 3.8) is 0 Å². The van der Waals surface area contributed by atoms with Crippen LogP contribution in [0.2, 0.25) is 0 Å². The highest BCUT2D eigenvalue weighted by molar-refractivity contribution is 6.16. The molecule has 0 atom stereocenters. The van der Waals surface area contributed by atoms with Crippen molar-refractivity contribution < 1.29 is 9.59 Å². The van der Waals surface area contributed by atoms with Crippen LogP contribution < -0.4 is 10.6 Å². The van der Waals surface area contributed by atoms with E-state index in [-0.39, 0.29) is 11.6 Å². The lowest BCUT2D eigenvalue weighted by molar-refractivity contribution is 0.101. The summed E-state index contributed by atoms with van der Waals surface area (Å²) in [6.45, 7) is 8.09. The number of aryl methyl sites for hydroxylation is 4. The number of anilines is 2. The fourth-order valence-electron chi connectivity index (χ4n) is 4.58. The molecule has 0 aliphatic heterocycles. The molecule has 5 aromatic rings. The lowest BCUT2D eigenvalue weighted by Crippen LogP contribution is -2.21. The van der Waals surface area contributed by atoms with E-state index in [1.807, 2.05) is 59.0 Å². The summed E-state index contributed by atoms with van der Waals surface area (Å²) in [5.74, 6) is -0.760. The van der Waals surface area contributed by atoms with E-state index in [4.69, 9.17) is 4.98 Å². The van der Waals surface area contributed by atoms with E-state index in [1.165, 1.54) is 6.20 Å². The summed E-state index contributed by atoms with van der Waals surface area (Å²) < 4.78 is 5.03. The monoisotopic (exact) mass is 511 g/mol. The number of benzene rings is 1. The number of para-hydroxylation sites is 1. The molecule has 0 saturated heterocycles. The van der Waals surface area contributed by atoms with Gasteiger partial charge in [-0.15, -0.1) is 0 Å². The molecule has 0 aliphatic rings. The second kappa shape index (κ2) is 9.58. The molecule has 0 spiro atoms. The highest BCUT2D eigenvalue weighted by atomic mass is 16.2. The zero-order valence-electron chi connectivity index (χ0n) is 22.2. The highest BCUT2D eigenvalue weighted by Gasteiger charge is 2.23. The van der Waals surface area contributed by atoms with Crippen molar-refractivity contribution in [3.05, 3.63) is 71.1 Å². The van der Waals surface area contributed by atoms with E-state index < -0.39 is 5.91 Å². The Morgan fingerprint density at radius 1 is 0.895 bits per heavy atom. The number of nitrogens with one attached hydrogen (secondary N) is 2. The number of carbonyl (C=O) groups is 2. The van der Waals surface area contributed by atoms with Crippen molar-refractivity contribution in [2.24, 2.45) is 14.1 Å². The summed E-state index contributed by atoms with van der Waals surface area (Å²) in [5.41, 5.74) is 6.41. The lowest BCUT2D eigenvalue weighted by Gasteiger charge is -2.12. The quantitative estimate of drug-likeness (QED) is 0.355. The summed E-state index contributed by atoms with van der Waals surface area (Å²) in [6.07, 6.45) is 3.08. The second-order valence-corrected chi connectivity index (χ2v) is 9.14. The van der Waals surface area contributed by atoms with Gasteiger partial charge in [-0.05, 0) is 39.8 Å². The number of aromatic nitrogens is 7.